The number of carboxylic acids is 1. The molecule has 0 saturated heterocycles. The molecule has 0 saturated carbocycles. The van der Waals surface area contributed by atoms with Crippen LogP contribution in [0.1, 0.15) is 23.1 Å². The van der Waals surface area contributed by atoms with Gasteiger partial charge in [0, 0.05) is 0 Å². The van der Waals surface area contributed by atoms with Crippen molar-refractivity contribution in [1.29, 1.82) is 0 Å². The second-order valence-electron chi connectivity index (χ2n) is 3.05. The van der Waals surface area contributed by atoms with E-state index in [1.54, 1.807) is 12.4 Å². The van der Waals surface area contributed by atoms with Crippen molar-refractivity contribution in [2.75, 3.05) is 0 Å². The average Bonchev–Trinajstić information content (AvgIpc) is 2.73. The fourth-order valence-electron chi connectivity index (χ4n) is 1.39. The first-order valence-corrected chi connectivity index (χ1v) is 4.67. The Morgan fingerprint density at radius 1 is 1.44 bits per heavy atom. The van der Waals surface area contributed by atoms with Crippen molar-refractivity contribution in [3.8, 4) is 5.69 Å². The van der Waals surface area contributed by atoms with Crippen molar-refractivity contribution < 1.29 is 9.90 Å². The topological polar surface area (TPSA) is 93.8 Å². The third-order valence-electron chi connectivity index (χ3n) is 2.09. The van der Waals surface area contributed by atoms with Gasteiger partial charge in [0.25, 0.3) is 0 Å². The molecular formula is C9H9N5O2. The Balaban J connectivity index is 2.54. The molecule has 2 heterocycles. The summed E-state index contributed by atoms with van der Waals surface area (Å²) < 4.78 is 1.43. The molecule has 2 aromatic heterocycles. The summed E-state index contributed by atoms with van der Waals surface area (Å²) in [7, 11) is 0. The van der Waals surface area contributed by atoms with Crippen LogP contribution < -0.4 is 0 Å². The highest BCUT2D eigenvalue weighted by Gasteiger charge is 2.18. The lowest BCUT2D eigenvalue weighted by molar-refractivity contribution is 0.0689. The van der Waals surface area contributed by atoms with Crippen molar-refractivity contribution in [2.45, 2.75) is 13.3 Å². The second kappa shape index (κ2) is 4.05. The Hall–Kier alpha value is -2.31. The summed E-state index contributed by atoms with van der Waals surface area (Å²) in [6.45, 7) is 1.84. The van der Waals surface area contributed by atoms with Gasteiger partial charge >= 0.3 is 5.97 Å². The highest BCUT2D eigenvalue weighted by molar-refractivity contribution is 5.86. The van der Waals surface area contributed by atoms with E-state index in [4.69, 9.17) is 5.11 Å². The number of aromatic carboxylic acids is 1. The Labute approximate surface area is 90.8 Å². The summed E-state index contributed by atoms with van der Waals surface area (Å²) in [6.07, 6.45) is 5.01. The first-order valence-electron chi connectivity index (χ1n) is 4.67. The molecule has 0 unspecified atom stereocenters. The zero-order valence-electron chi connectivity index (χ0n) is 8.53. The predicted molar refractivity (Wildman–Crippen MR) is 53.3 cm³/mol. The predicted octanol–water partition coefficient (Wildman–Crippen LogP) is 0.318. The lowest BCUT2D eigenvalue weighted by atomic mass is 10.2. The Morgan fingerprint density at radius 2 is 2.12 bits per heavy atom. The molecule has 16 heavy (non-hydrogen) atoms. The largest absolute Gasteiger partial charge is 0.476 e. The Morgan fingerprint density at radius 3 is 2.69 bits per heavy atom. The van der Waals surface area contributed by atoms with Crippen LogP contribution >= 0.6 is 0 Å². The summed E-state index contributed by atoms with van der Waals surface area (Å²) in [5.41, 5.74) is 1.09. The first-order chi connectivity index (χ1) is 7.74. The molecule has 0 aliphatic heterocycles. The minimum absolute atomic E-state index is 0.0358. The molecule has 7 nitrogen and oxygen atoms in total. The van der Waals surface area contributed by atoms with Crippen LogP contribution in [0.3, 0.4) is 0 Å². The molecule has 0 aliphatic rings. The van der Waals surface area contributed by atoms with Crippen LogP contribution in [0.25, 0.3) is 5.69 Å². The third-order valence-corrected chi connectivity index (χ3v) is 2.09. The van der Waals surface area contributed by atoms with Crippen molar-refractivity contribution in [1.82, 2.24) is 25.0 Å². The van der Waals surface area contributed by atoms with Crippen molar-refractivity contribution in [3.63, 3.8) is 0 Å². The van der Waals surface area contributed by atoms with Gasteiger partial charge in [-0.3, -0.25) is 0 Å². The van der Waals surface area contributed by atoms with Gasteiger partial charge in [-0.15, -0.1) is 5.10 Å². The number of carboxylic acid groups (broad SMARTS) is 1. The van der Waals surface area contributed by atoms with Crippen molar-refractivity contribution in [3.05, 3.63) is 30.1 Å². The molecule has 0 amide bonds. The van der Waals surface area contributed by atoms with Crippen LogP contribution in [-0.4, -0.2) is 36.0 Å². The van der Waals surface area contributed by atoms with Crippen LogP contribution in [0.4, 0.5) is 0 Å². The van der Waals surface area contributed by atoms with Gasteiger partial charge in [-0.05, 0) is 6.42 Å². The molecule has 1 N–H and O–H groups in total. The fourth-order valence-corrected chi connectivity index (χ4v) is 1.39. The van der Waals surface area contributed by atoms with E-state index in [2.05, 4.69) is 20.3 Å². The minimum Gasteiger partial charge on any atom is -0.476 e. The van der Waals surface area contributed by atoms with Gasteiger partial charge in [0.1, 0.15) is 12.0 Å². The summed E-state index contributed by atoms with van der Waals surface area (Å²) in [6, 6.07) is 0. The quantitative estimate of drug-likeness (QED) is 0.798. The molecule has 0 aliphatic carbocycles. The molecule has 7 heteroatoms. The lowest BCUT2D eigenvalue weighted by Crippen LogP contribution is -2.06. The standard InChI is InChI=1S/C9H9N5O2/c1-2-7-8(9(15)16)12-13-14(7)6-3-10-5-11-4-6/h3-5H,2H2,1H3,(H,15,16). The van der Waals surface area contributed by atoms with Crippen LogP contribution in [0.2, 0.25) is 0 Å². The molecule has 0 fully saturated rings. The van der Waals surface area contributed by atoms with Gasteiger partial charge < -0.3 is 5.11 Å². The normalized spacial score (nSPS) is 10.3. The molecule has 2 aromatic rings. The van der Waals surface area contributed by atoms with E-state index < -0.39 is 5.97 Å². The molecule has 0 bridgehead atoms. The number of carbonyl (C=O) groups is 1. The SMILES string of the molecule is CCc1c(C(=O)O)nnn1-c1cncnc1. The van der Waals surface area contributed by atoms with Crippen molar-refractivity contribution >= 4 is 5.97 Å². The minimum atomic E-state index is -1.08. The number of hydrogen-bond donors (Lipinski definition) is 1. The average molecular weight is 219 g/mol. The summed E-state index contributed by atoms with van der Waals surface area (Å²) in [5.74, 6) is -1.08. The maximum absolute atomic E-state index is 10.9. The van der Waals surface area contributed by atoms with E-state index in [1.807, 2.05) is 6.92 Å². The smallest absolute Gasteiger partial charge is 0.358 e. The molecule has 82 valence electrons. The van der Waals surface area contributed by atoms with Crippen molar-refractivity contribution in [2.24, 2.45) is 0 Å². The van der Waals surface area contributed by atoms with Gasteiger partial charge in [-0.2, -0.15) is 0 Å². The van der Waals surface area contributed by atoms with E-state index in [0.29, 0.717) is 17.8 Å². The molecular weight excluding hydrogens is 210 g/mol. The van der Waals surface area contributed by atoms with Gasteiger partial charge in [-0.25, -0.2) is 19.4 Å². The number of aromatic nitrogens is 5. The summed E-state index contributed by atoms with van der Waals surface area (Å²) in [4.78, 5) is 18.6. The second-order valence-corrected chi connectivity index (χ2v) is 3.05. The maximum atomic E-state index is 10.9. The van der Waals surface area contributed by atoms with E-state index in [0.717, 1.165) is 0 Å². The first kappa shape index (κ1) is 10.2. The van der Waals surface area contributed by atoms with Gasteiger partial charge in [-0.1, -0.05) is 12.1 Å². The van der Waals surface area contributed by atoms with E-state index in [-0.39, 0.29) is 5.69 Å². The molecule has 0 atom stereocenters. The fraction of sp³-hybridized carbons (Fsp3) is 0.222. The number of rotatable bonds is 3. The zero-order valence-corrected chi connectivity index (χ0v) is 8.53. The number of nitrogens with zero attached hydrogens (tertiary/aromatic N) is 5. The molecule has 0 aromatic carbocycles. The molecule has 2 rings (SSSR count). The maximum Gasteiger partial charge on any atom is 0.358 e. The molecule has 0 radical (unpaired) electrons. The zero-order chi connectivity index (χ0) is 11.5. The monoisotopic (exact) mass is 219 g/mol. The summed E-state index contributed by atoms with van der Waals surface area (Å²) >= 11 is 0. The van der Waals surface area contributed by atoms with E-state index in [1.165, 1.54) is 11.0 Å². The van der Waals surface area contributed by atoms with Gasteiger partial charge in [0.05, 0.1) is 18.1 Å². The number of hydrogen-bond acceptors (Lipinski definition) is 5. The highest BCUT2D eigenvalue weighted by atomic mass is 16.4. The Bertz CT molecular complexity index is 508. The van der Waals surface area contributed by atoms with Gasteiger partial charge in [0.15, 0.2) is 5.69 Å². The van der Waals surface area contributed by atoms with E-state index in [9.17, 15) is 4.79 Å². The lowest BCUT2D eigenvalue weighted by Gasteiger charge is -2.02. The third kappa shape index (κ3) is 1.62. The van der Waals surface area contributed by atoms with Crippen LogP contribution in [0.15, 0.2) is 18.7 Å². The van der Waals surface area contributed by atoms with Crippen LogP contribution in [0, 0.1) is 0 Å². The van der Waals surface area contributed by atoms with Crippen LogP contribution in [-0.2, 0) is 6.42 Å². The Kier molecular flexibility index (Phi) is 2.59. The van der Waals surface area contributed by atoms with E-state index >= 15 is 0 Å². The highest BCUT2D eigenvalue weighted by Crippen LogP contribution is 2.11. The molecule has 0 spiro atoms. The van der Waals surface area contributed by atoms with Gasteiger partial charge in [0.2, 0.25) is 0 Å². The summed E-state index contributed by atoms with van der Waals surface area (Å²) in [5, 5.41) is 16.3. The van der Waals surface area contributed by atoms with Crippen LogP contribution in [0.5, 0.6) is 0 Å².